The molecule has 0 spiro atoms. The van der Waals surface area contributed by atoms with Gasteiger partial charge in [-0.1, -0.05) is 0 Å². The number of rotatable bonds is 3. The van der Waals surface area contributed by atoms with Gasteiger partial charge in [-0.3, -0.25) is 4.79 Å². The first-order chi connectivity index (χ1) is 6.13. The number of aromatic nitrogens is 1. The second kappa shape index (κ2) is 4.58. The van der Waals surface area contributed by atoms with Gasteiger partial charge in [0, 0.05) is 11.9 Å². The summed E-state index contributed by atoms with van der Waals surface area (Å²) in [5.41, 5.74) is 0. The third-order valence-corrected chi connectivity index (χ3v) is 2.83. The van der Waals surface area contributed by atoms with Crippen LogP contribution in [0.5, 0.6) is 0 Å². The lowest BCUT2D eigenvalue weighted by Gasteiger charge is -2.08. The van der Waals surface area contributed by atoms with E-state index in [4.69, 9.17) is 11.6 Å². The molecule has 1 atom stereocenters. The molecule has 0 aliphatic heterocycles. The van der Waals surface area contributed by atoms with Crippen molar-refractivity contribution in [1.29, 1.82) is 0 Å². The van der Waals surface area contributed by atoms with Gasteiger partial charge in [-0.15, -0.1) is 22.9 Å². The SMILES string of the molecule is Cc1ncc(C(=O)NC(C)CCl)s1. The highest BCUT2D eigenvalue weighted by Crippen LogP contribution is 2.11. The fourth-order valence-corrected chi connectivity index (χ4v) is 1.56. The van der Waals surface area contributed by atoms with Crippen molar-refractivity contribution in [3.05, 3.63) is 16.1 Å². The number of hydrogen-bond donors (Lipinski definition) is 1. The minimum absolute atomic E-state index is 0.00317. The molecule has 72 valence electrons. The maximum absolute atomic E-state index is 11.4. The van der Waals surface area contributed by atoms with Crippen molar-refractivity contribution in [2.75, 3.05) is 5.88 Å². The van der Waals surface area contributed by atoms with Crippen LogP contribution in [0.15, 0.2) is 6.20 Å². The van der Waals surface area contributed by atoms with Crippen LogP contribution in [-0.2, 0) is 0 Å². The molecule has 0 fully saturated rings. The third-order valence-electron chi connectivity index (χ3n) is 1.45. The molecule has 0 aliphatic rings. The lowest BCUT2D eigenvalue weighted by Crippen LogP contribution is -2.33. The zero-order valence-corrected chi connectivity index (χ0v) is 9.08. The quantitative estimate of drug-likeness (QED) is 0.787. The molecule has 0 radical (unpaired) electrons. The van der Waals surface area contributed by atoms with Crippen LogP contribution in [0.4, 0.5) is 0 Å². The molecule has 1 aromatic heterocycles. The molecule has 0 saturated carbocycles. The van der Waals surface area contributed by atoms with Gasteiger partial charge in [0.05, 0.1) is 11.2 Å². The first-order valence-electron chi connectivity index (χ1n) is 3.92. The van der Waals surface area contributed by atoms with E-state index in [9.17, 15) is 4.79 Å². The Bertz CT molecular complexity index is 300. The number of aryl methyl sites for hydroxylation is 1. The van der Waals surface area contributed by atoms with Crippen LogP contribution in [0.1, 0.15) is 21.6 Å². The molecular formula is C8H11ClN2OS. The number of alkyl halides is 1. The van der Waals surface area contributed by atoms with Crippen molar-refractivity contribution in [3.8, 4) is 0 Å². The summed E-state index contributed by atoms with van der Waals surface area (Å²) in [6, 6.07) is -0.00317. The Morgan fingerprint density at radius 1 is 1.85 bits per heavy atom. The van der Waals surface area contributed by atoms with E-state index < -0.39 is 0 Å². The molecule has 0 aliphatic carbocycles. The van der Waals surface area contributed by atoms with Crippen LogP contribution < -0.4 is 5.32 Å². The Labute approximate surface area is 86.1 Å². The van der Waals surface area contributed by atoms with Gasteiger partial charge >= 0.3 is 0 Å². The molecule has 1 amide bonds. The number of nitrogens with zero attached hydrogens (tertiary/aromatic N) is 1. The van der Waals surface area contributed by atoms with Gasteiger partial charge in [0.25, 0.3) is 5.91 Å². The van der Waals surface area contributed by atoms with Crippen molar-refractivity contribution in [2.24, 2.45) is 0 Å². The number of carbonyl (C=O) groups is 1. The van der Waals surface area contributed by atoms with Crippen LogP contribution in [-0.4, -0.2) is 22.8 Å². The highest BCUT2D eigenvalue weighted by Gasteiger charge is 2.10. The van der Waals surface area contributed by atoms with Gasteiger partial charge in [-0.2, -0.15) is 0 Å². The number of amides is 1. The average Bonchev–Trinajstić information content (AvgIpc) is 2.51. The minimum atomic E-state index is -0.0984. The Kier molecular flexibility index (Phi) is 3.69. The summed E-state index contributed by atoms with van der Waals surface area (Å²) in [4.78, 5) is 16.1. The van der Waals surface area contributed by atoms with Gasteiger partial charge < -0.3 is 5.32 Å². The second-order valence-electron chi connectivity index (χ2n) is 2.77. The maximum Gasteiger partial charge on any atom is 0.263 e. The Balaban J connectivity index is 2.58. The average molecular weight is 219 g/mol. The number of hydrogen-bond acceptors (Lipinski definition) is 3. The second-order valence-corrected chi connectivity index (χ2v) is 4.32. The summed E-state index contributed by atoms with van der Waals surface area (Å²) < 4.78 is 0. The Hall–Kier alpha value is -0.610. The predicted octanol–water partition coefficient (Wildman–Crippen LogP) is 1.81. The zero-order valence-electron chi connectivity index (χ0n) is 7.50. The minimum Gasteiger partial charge on any atom is -0.348 e. The largest absolute Gasteiger partial charge is 0.348 e. The molecule has 1 aromatic rings. The monoisotopic (exact) mass is 218 g/mol. The Morgan fingerprint density at radius 2 is 2.54 bits per heavy atom. The first kappa shape index (κ1) is 10.5. The van der Waals surface area contributed by atoms with Crippen LogP contribution in [0, 0.1) is 6.92 Å². The number of halogens is 1. The number of carbonyl (C=O) groups excluding carboxylic acids is 1. The van der Waals surface area contributed by atoms with E-state index >= 15 is 0 Å². The Morgan fingerprint density at radius 3 is 3.00 bits per heavy atom. The normalized spacial score (nSPS) is 12.5. The molecule has 0 aromatic carbocycles. The predicted molar refractivity (Wildman–Crippen MR) is 54.5 cm³/mol. The number of thiazole rings is 1. The molecule has 13 heavy (non-hydrogen) atoms. The van der Waals surface area contributed by atoms with Crippen LogP contribution in [0.2, 0.25) is 0 Å². The van der Waals surface area contributed by atoms with Crippen LogP contribution >= 0.6 is 22.9 Å². The molecule has 1 unspecified atom stereocenters. The highest BCUT2D eigenvalue weighted by molar-refractivity contribution is 7.13. The summed E-state index contributed by atoms with van der Waals surface area (Å²) in [6.45, 7) is 3.73. The van der Waals surface area contributed by atoms with Crippen LogP contribution in [0.3, 0.4) is 0 Å². The third kappa shape index (κ3) is 2.97. The molecule has 1 rings (SSSR count). The van der Waals surface area contributed by atoms with Gasteiger partial charge in [0.1, 0.15) is 4.88 Å². The van der Waals surface area contributed by atoms with Gasteiger partial charge in [-0.25, -0.2) is 4.98 Å². The molecule has 1 N–H and O–H groups in total. The molecule has 0 saturated heterocycles. The van der Waals surface area contributed by atoms with Gasteiger partial charge in [0.2, 0.25) is 0 Å². The van der Waals surface area contributed by atoms with E-state index in [2.05, 4.69) is 10.3 Å². The molecule has 0 bridgehead atoms. The smallest absolute Gasteiger partial charge is 0.263 e. The van der Waals surface area contributed by atoms with Crippen molar-refractivity contribution < 1.29 is 4.79 Å². The molecule has 3 nitrogen and oxygen atoms in total. The van der Waals surface area contributed by atoms with E-state index in [1.54, 1.807) is 6.20 Å². The van der Waals surface area contributed by atoms with E-state index in [1.165, 1.54) is 11.3 Å². The summed E-state index contributed by atoms with van der Waals surface area (Å²) in [5, 5.41) is 3.65. The van der Waals surface area contributed by atoms with Gasteiger partial charge in [0.15, 0.2) is 0 Å². The summed E-state index contributed by atoms with van der Waals surface area (Å²) in [6.07, 6.45) is 1.58. The summed E-state index contributed by atoms with van der Waals surface area (Å²) >= 11 is 6.94. The first-order valence-corrected chi connectivity index (χ1v) is 5.28. The standard InChI is InChI=1S/C8H11ClN2OS/c1-5(3-9)11-8(12)7-4-10-6(2)13-7/h4-5H,3H2,1-2H3,(H,11,12). The van der Waals surface area contributed by atoms with Crippen molar-refractivity contribution in [1.82, 2.24) is 10.3 Å². The fraction of sp³-hybridized carbons (Fsp3) is 0.500. The van der Waals surface area contributed by atoms with Crippen molar-refractivity contribution in [2.45, 2.75) is 19.9 Å². The molecular weight excluding hydrogens is 208 g/mol. The van der Waals surface area contributed by atoms with Crippen LogP contribution in [0.25, 0.3) is 0 Å². The fourth-order valence-electron chi connectivity index (χ4n) is 0.800. The summed E-state index contributed by atoms with van der Waals surface area (Å²) in [7, 11) is 0. The van der Waals surface area contributed by atoms with E-state index in [0.717, 1.165) is 5.01 Å². The molecule has 5 heteroatoms. The maximum atomic E-state index is 11.4. The van der Waals surface area contributed by atoms with E-state index in [-0.39, 0.29) is 11.9 Å². The van der Waals surface area contributed by atoms with Crippen molar-refractivity contribution >= 4 is 28.8 Å². The highest BCUT2D eigenvalue weighted by atomic mass is 35.5. The van der Waals surface area contributed by atoms with Gasteiger partial charge in [-0.05, 0) is 13.8 Å². The van der Waals surface area contributed by atoms with E-state index in [0.29, 0.717) is 10.8 Å². The molecule has 1 heterocycles. The lowest BCUT2D eigenvalue weighted by atomic mass is 10.4. The van der Waals surface area contributed by atoms with E-state index in [1.807, 2.05) is 13.8 Å². The topological polar surface area (TPSA) is 42.0 Å². The van der Waals surface area contributed by atoms with Crippen molar-refractivity contribution in [3.63, 3.8) is 0 Å². The lowest BCUT2D eigenvalue weighted by molar-refractivity contribution is 0.0947. The number of nitrogens with one attached hydrogen (secondary N) is 1. The summed E-state index contributed by atoms with van der Waals surface area (Å²) in [5.74, 6) is 0.322. The zero-order chi connectivity index (χ0) is 9.84.